The van der Waals surface area contributed by atoms with E-state index in [-0.39, 0.29) is 110 Å². The Bertz CT molecular complexity index is 6310. The van der Waals surface area contributed by atoms with Crippen molar-refractivity contribution in [3.63, 3.8) is 0 Å². The van der Waals surface area contributed by atoms with Crippen LogP contribution in [0.15, 0.2) is 197 Å². The number of nitrogens with one attached hydrogen (secondary N) is 6. The van der Waals surface area contributed by atoms with E-state index in [2.05, 4.69) is 56.8 Å². The fourth-order valence-electron chi connectivity index (χ4n) is 15.4. The van der Waals surface area contributed by atoms with Crippen molar-refractivity contribution in [1.82, 2.24) is 71.5 Å². The van der Waals surface area contributed by atoms with Crippen LogP contribution in [-0.2, 0) is 57.0 Å². The number of carbonyl (C=O) groups is 5. The summed E-state index contributed by atoms with van der Waals surface area (Å²) < 4.78 is 27.6. The van der Waals surface area contributed by atoms with Gasteiger partial charge >= 0.3 is 0 Å². The van der Waals surface area contributed by atoms with Gasteiger partial charge in [-0.2, -0.15) is 0 Å². The highest BCUT2D eigenvalue weighted by atomic mass is 35.5. The number of carbonyl (C=O) groups excluding carboxylic acids is 5. The maximum absolute atomic E-state index is 13.9. The summed E-state index contributed by atoms with van der Waals surface area (Å²) in [6, 6.07) is 31.2. The zero-order chi connectivity index (χ0) is 101. The van der Waals surface area contributed by atoms with Gasteiger partial charge in [-0.05, 0) is 219 Å². The van der Waals surface area contributed by atoms with E-state index in [0.717, 1.165) is 150 Å². The monoisotopic (exact) mass is 2070 g/mol. The molecule has 5 aliphatic rings. The van der Waals surface area contributed by atoms with Gasteiger partial charge in [-0.15, -0.1) is 56.7 Å². The van der Waals surface area contributed by atoms with Crippen LogP contribution in [0.25, 0.3) is 27.9 Å². The molecule has 5 aliphatic carbocycles. The van der Waals surface area contributed by atoms with E-state index < -0.39 is 5.82 Å². The van der Waals surface area contributed by atoms with Gasteiger partial charge in [-0.3, -0.25) is 24.0 Å². The van der Waals surface area contributed by atoms with Gasteiger partial charge in [0.15, 0.2) is 0 Å². The largest absolute Gasteiger partial charge is 0.391 e. The molecule has 0 saturated heterocycles. The number of thiazole rings is 5. The van der Waals surface area contributed by atoms with Crippen LogP contribution in [0.2, 0.25) is 20.1 Å². The second-order valence-corrected chi connectivity index (χ2v) is 42.0. The number of aliphatic hydroxyl groups excluding tert-OH is 5. The SMILES string of the molecule is CC1=C(C(=O)NC(CN)c2nc(C)c(CO)s2)CC(c2ccc(Cl)cc2)=C1.CNCC(NC(=O)C1=CC=C(c2ccc(Cl)cc2)C1)c1nc(C)c(CO)s1.Cc1ccc(C2=CC=C(C(=O)NC(CN(C)C)c3nc(C)c(CO)s3)C2)cc1F.Cc1nc(C(CN(C)C)NC(=O)C2=CC=C(c3ccc(Cl)c(F)c3)C2)sc1CO.Cc1nc(C(CN(C)C)NC(=O)C2=CC=C(c3ccc(Cl)cc3)C2)sc1CO. The predicted octanol–water partition coefficient (Wildman–Crippen LogP) is 18.0. The molecule has 0 spiro atoms. The van der Waals surface area contributed by atoms with Crippen LogP contribution in [0.3, 0.4) is 0 Å². The summed E-state index contributed by atoms with van der Waals surface area (Å²) in [5.74, 6) is -1.40. The topological polar surface area (TPSA) is 359 Å². The van der Waals surface area contributed by atoms with Gasteiger partial charge in [0.2, 0.25) is 29.5 Å². The fraction of sp³-hybridized carbons (Fsp3) is 0.327. The van der Waals surface area contributed by atoms with Crippen LogP contribution in [0.4, 0.5) is 8.78 Å². The van der Waals surface area contributed by atoms with Gasteiger partial charge in [-0.1, -0.05) is 156 Å². The van der Waals surface area contributed by atoms with Crippen molar-refractivity contribution in [2.45, 2.75) is 144 Å². The van der Waals surface area contributed by atoms with Crippen LogP contribution >= 0.6 is 103 Å². The Morgan fingerprint density at radius 3 is 0.943 bits per heavy atom. The minimum Gasteiger partial charge on any atom is -0.391 e. The van der Waals surface area contributed by atoms with Crippen molar-refractivity contribution in [3.05, 3.63) is 340 Å². The Morgan fingerprint density at radius 1 is 0.371 bits per heavy atom. The Hall–Kier alpha value is -10.4. The summed E-state index contributed by atoms with van der Waals surface area (Å²) in [6.45, 7) is 15.3. The molecule has 13 N–H and O–H groups in total. The molecule has 5 atom stereocenters. The number of aliphatic hydroxyl groups is 5. The zero-order valence-electron chi connectivity index (χ0n) is 80.3. The smallest absolute Gasteiger partial charge is 0.248 e. The Balaban J connectivity index is 0.000000167. The number of hydrogen-bond donors (Lipinski definition) is 12. The highest BCUT2D eigenvalue weighted by Gasteiger charge is 2.32. The van der Waals surface area contributed by atoms with E-state index in [4.69, 9.17) is 52.1 Å². The summed E-state index contributed by atoms with van der Waals surface area (Å²) in [7, 11) is 13.5. The van der Waals surface area contributed by atoms with Crippen molar-refractivity contribution in [3.8, 4) is 0 Å². The molecule has 0 saturated carbocycles. The third-order valence-corrected chi connectivity index (χ3v) is 30.5. The van der Waals surface area contributed by atoms with E-state index in [1.165, 1.54) is 74.9 Å². The van der Waals surface area contributed by atoms with Crippen molar-refractivity contribution in [1.29, 1.82) is 0 Å². The van der Waals surface area contributed by atoms with Crippen LogP contribution in [0.5, 0.6) is 0 Å². The first kappa shape index (κ1) is 110. The van der Waals surface area contributed by atoms with Gasteiger partial charge in [-0.25, -0.2) is 33.7 Å². The molecule has 25 nitrogen and oxygen atoms in total. The van der Waals surface area contributed by atoms with E-state index in [1.54, 1.807) is 31.2 Å². The summed E-state index contributed by atoms with van der Waals surface area (Å²) in [6.07, 6.45) is 19.6. The number of rotatable bonds is 34. The molecule has 5 aromatic heterocycles. The Morgan fingerprint density at radius 2 is 0.650 bits per heavy atom. The Labute approximate surface area is 855 Å². The van der Waals surface area contributed by atoms with Crippen molar-refractivity contribution in [2.24, 2.45) is 5.73 Å². The van der Waals surface area contributed by atoms with Crippen molar-refractivity contribution >= 4 is 160 Å². The lowest BCUT2D eigenvalue weighted by molar-refractivity contribution is -0.119. The third kappa shape index (κ3) is 30.1. The van der Waals surface area contributed by atoms with E-state index in [9.17, 15) is 58.3 Å². The number of halogens is 6. The lowest BCUT2D eigenvalue weighted by atomic mass is 10.0. The number of hydrogen-bond acceptors (Lipinski definition) is 25. The quantitative estimate of drug-likeness (QED) is 0.0178. The van der Waals surface area contributed by atoms with Crippen LogP contribution < -0.4 is 37.6 Å². The minimum atomic E-state index is -0.479. The van der Waals surface area contributed by atoms with E-state index in [0.29, 0.717) is 95.6 Å². The summed E-state index contributed by atoms with van der Waals surface area (Å²) in [5, 5.41) is 71.5. The molecule has 140 heavy (non-hydrogen) atoms. The summed E-state index contributed by atoms with van der Waals surface area (Å²) in [5.41, 5.74) is 24.5. The molecule has 0 aliphatic heterocycles. The first-order valence-corrected chi connectivity index (χ1v) is 50.6. The first-order valence-electron chi connectivity index (χ1n) is 45.0. The molecule has 5 unspecified atom stereocenters. The molecule has 0 fully saturated rings. The standard InChI is InChI=1S/C22H26FN3O2S.C21H23ClFN3O2S.C21H24ClN3O2S.2C20H22ClN3O2S/c1-13-5-6-16(10-18(13)23)15-7-8-17(9-15)21(28)25-19(11-26(3)4)22-24-14(2)20(12-27)29-22;1-12-19(11-27)29-21(24-12)18(10-26(2)3)25-20(28)15-5-4-13(8-15)14-6-7-16(22)17(23)9-14;1-13-19(12-26)28-21(23-13)18(11-25(2)3)24-20(27)16-5-4-15(10-16)14-6-8-17(22)9-7-14;1-11-7-14(13-3-5-15(21)6-4-13)8-16(11)19(26)24-17(9-22)20-23-12(2)18(10-25)27-20;1-12-18(11-25)27-20(23-12)17(10-22-2)24-19(26)15-4-3-14(9-15)13-5-7-16(21)8-6-13/h5-8,10,19,27H,9,11-12H2,1-4H3,(H,25,28);4-7,9,18,27H,8,10-11H2,1-3H3,(H,25,28);4-9,18,26H,10-12H2,1-3H3,(H,24,27);3-7,17,25H,8-10,22H2,1-2H3,(H,24,26);3-8,17,22,25H,9-11H2,1-2H3,(H,24,26). The van der Waals surface area contributed by atoms with Gasteiger partial charge in [0.1, 0.15) is 36.7 Å². The number of aromatic nitrogens is 5. The third-order valence-electron chi connectivity index (χ3n) is 23.2. The number of likely N-dealkylation sites (N-methyl/N-ethyl adjacent to an activating group) is 4. The van der Waals surface area contributed by atoms with Gasteiger partial charge in [0.05, 0.1) is 121 Å². The summed E-state index contributed by atoms with van der Waals surface area (Å²) >= 11 is 30.7. The fourth-order valence-corrected chi connectivity index (χ4v) is 20.8. The van der Waals surface area contributed by atoms with Crippen LogP contribution in [0.1, 0.15) is 181 Å². The molecule has 740 valence electrons. The van der Waals surface area contributed by atoms with Gasteiger partial charge in [0, 0.05) is 108 Å². The van der Waals surface area contributed by atoms with Crippen LogP contribution in [-0.4, -0.2) is 177 Å². The number of allylic oxidation sites excluding steroid dienone is 15. The molecule has 0 bridgehead atoms. The molecule has 5 aromatic carbocycles. The number of nitrogens with two attached hydrogens (primary N) is 1. The lowest BCUT2D eigenvalue weighted by Crippen LogP contribution is -2.35. The number of amides is 5. The second kappa shape index (κ2) is 52.0. The average Bonchev–Trinajstić information content (AvgIpc) is 1.68. The molecule has 5 heterocycles. The maximum Gasteiger partial charge on any atom is 0.248 e. The number of nitrogens with zero attached hydrogens (tertiary/aromatic N) is 8. The molecule has 15 rings (SSSR count). The highest BCUT2D eigenvalue weighted by molar-refractivity contribution is 7.13. The van der Waals surface area contributed by atoms with Gasteiger partial charge < -0.3 is 77.9 Å². The first-order chi connectivity index (χ1) is 66.9. The maximum atomic E-state index is 13.9. The lowest BCUT2D eigenvalue weighted by Gasteiger charge is -2.21. The average molecular weight is 2080 g/mol. The normalized spacial score (nSPS) is 14.8. The van der Waals surface area contributed by atoms with E-state index >= 15 is 0 Å². The Kier molecular flexibility index (Phi) is 40.9. The molecule has 5 amide bonds. The number of aryl methyl sites for hydroxylation is 6. The highest BCUT2D eigenvalue weighted by Crippen LogP contribution is 2.39. The molecule has 10 aromatic rings. The zero-order valence-corrected chi connectivity index (χ0v) is 87.4. The predicted molar refractivity (Wildman–Crippen MR) is 562 cm³/mol. The van der Waals surface area contributed by atoms with Crippen molar-refractivity contribution < 1.29 is 58.3 Å². The van der Waals surface area contributed by atoms with Crippen molar-refractivity contribution in [2.75, 3.05) is 82.1 Å². The minimum absolute atomic E-state index is 0.0361. The van der Waals surface area contributed by atoms with Gasteiger partial charge in [0.25, 0.3) is 0 Å². The second-order valence-electron chi connectivity index (χ2n) is 34.7. The molecular weight excluding hydrogens is 1960 g/mol. The summed E-state index contributed by atoms with van der Waals surface area (Å²) in [4.78, 5) is 96.9. The molecule has 0 radical (unpaired) electrons. The number of benzene rings is 5. The molecular formula is C104H117Cl4F2N15O10S5. The molecule has 36 heteroatoms. The van der Waals surface area contributed by atoms with Crippen LogP contribution in [0, 0.1) is 53.2 Å². The van der Waals surface area contributed by atoms with E-state index in [1.807, 2.05) is 227 Å².